The van der Waals surface area contributed by atoms with Gasteiger partial charge in [0, 0.05) is 58.4 Å². The monoisotopic (exact) mass is 1630 g/mol. The average Bonchev–Trinajstić information content (AvgIpc) is 1.58. The summed E-state index contributed by atoms with van der Waals surface area (Å²) in [7, 11) is 8.66. The second kappa shape index (κ2) is 45.6. The van der Waals surface area contributed by atoms with E-state index in [0.717, 1.165) is 110 Å². The molecule has 575 valence electrons. The quantitative estimate of drug-likeness (QED) is 0.0210. The highest BCUT2D eigenvalue weighted by molar-refractivity contribution is 9.09. The molecule has 1 radical (unpaired) electrons. The summed E-state index contributed by atoms with van der Waals surface area (Å²) in [6.07, 6.45) is 14.8. The highest BCUT2D eigenvalue weighted by Crippen LogP contribution is 2.42. The molecular weight excluding hydrogens is 1550 g/mol. The van der Waals surface area contributed by atoms with Gasteiger partial charge in [-0.2, -0.15) is 24.9 Å². The SMILES string of the molecule is C=C(O[B]O)c1ccccc1.C=CCBr.C=CCc1c(Cl)nc(C)nc1OC.C=CCc1c(OC)nc(C)nc1C(=C)c1ccccc1.COc1cc(Cl)nc(C)n1.COc1nc(C)nc2c1C=CC2c1ccccc1.COc1nc(C)nc2c1CCC2c1ccccc1.Clc1nc(Cl)c2c(n1)C(c1ccccc1)CC2.[HH]. The van der Waals surface area contributed by atoms with Crippen LogP contribution < -0.4 is 23.7 Å². The summed E-state index contributed by atoms with van der Waals surface area (Å²) in [5.74, 6) is 7.76. The zero-order chi connectivity index (χ0) is 80.4. The molecule has 3 atom stereocenters. The maximum Gasteiger partial charge on any atom is 0.569 e. The molecule has 3 unspecified atom stereocenters. The van der Waals surface area contributed by atoms with Gasteiger partial charge >= 0.3 is 7.69 Å². The van der Waals surface area contributed by atoms with Crippen molar-refractivity contribution in [2.75, 3.05) is 40.9 Å². The molecule has 1 N–H and O–H groups in total. The highest BCUT2D eigenvalue weighted by atomic mass is 79.9. The summed E-state index contributed by atoms with van der Waals surface area (Å²) in [5.41, 5.74) is 15.5. The standard InChI is InChI=1S/C17H18N2O.C15H16N2O.C15H14N2O.C13H10Cl2N2.C9H11ClN2O.C8H8BO2.C6H7ClN2O.C3H5Br.H2/c1-5-9-15-16(18-13(3)19-17(15)20-4)12(2)14-10-7-6-8-11-14;2*1-10-16-14-12(11-6-4-3-5-7-11)8-9-13(14)15(17-10)18-2;14-12-10-7-6-9(8-4-2-1-3-5-8)11(10)16-13(15)17-12;1-4-5-7-8(10)11-6(2)12-9(7)13-3;1-7(11-9-10)8-5-3-2-4-6-8;1-4-8-5(7)3-6(9-4)10-2;1-2-3-4;/h5-8,10-11H,1-2,9H2,3-4H3;3-7,12H,8-9H2,1-2H3;3-9,12H,1-2H3;1-5,9H,6-7H2;4H,1,5H2,2-3H3;2-6,10H,1H2;3H,1-2H3;2H,1,3H2;1H. The Hall–Kier alpha value is -10.5. The highest BCUT2D eigenvalue weighted by Gasteiger charge is 2.31. The van der Waals surface area contributed by atoms with Crippen LogP contribution in [-0.2, 0) is 30.3 Å². The Bertz CT molecular complexity index is 4890. The fourth-order valence-corrected chi connectivity index (χ4v) is 12.9. The number of nitrogens with zero attached hydrogens (tertiary/aromatic N) is 12. The normalized spacial score (nSPS) is 13.2. The van der Waals surface area contributed by atoms with Crippen LogP contribution in [0.15, 0.2) is 215 Å². The lowest BCUT2D eigenvalue weighted by Crippen LogP contribution is -2.05. The molecular formula is C86H91BBrCl4N12O7. The van der Waals surface area contributed by atoms with Crippen molar-refractivity contribution in [1.29, 1.82) is 0 Å². The van der Waals surface area contributed by atoms with Crippen molar-refractivity contribution in [1.82, 2.24) is 59.8 Å². The lowest BCUT2D eigenvalue weighted by molar-refractivity contribution is 0.390. The maximum absolute atomic E-state index is 8.29. The first-order valence-corrected chi connectivity index (χ1v) is 37.7. The van der Waals surface area contributed by atoms with Crippen LogP contribution >= 0.6 is 62.3 Å². The lowest BCUT2D eigenvalue weighted by Gasteiger charge is -2.14. The number of halogens is 5. The molecule has 25 heteroatoms. The van der Waals surface area contributed by atoms with Crippen molar-refractivity contribution in [3.05, 3.63) is 343 Å². The van der Waals surface area contributed by atoms with Gasteiger partial charge in [0.15, 0.2) is 0 Å². The van der Waals surface area contributed by atoms with Gasteiger partial charge in [0.05, 0.1) is 69.5 Å². The first-order chi connectivity index (χ1) is 53.7. The Balaban J connectivity index is 0.000000204. The molecule has 0 spiro atoms. The minimum absolute atomic E-state index is 0. The van der Waals surface area contributed by atoms with Crippen LogP contribution in [0.1, 0.15) is 140 Å². The fourth-order valence-electron chi connectivity index (χ4n) is 11.9. The van der Waals surface area contributed by atoms with E-state index in [9.17, 15) is 0 Å². The van der Waals surface area contributed by atoms with Crippen molar-refractivity contribution in [2.45, 2.75) is 90.9 Å². The van der Waals surface area contributed by atoms with Crippen LogP contribution in [0.25, 0.3) is 17.4 Å². The smallest absolute Gasteiger partial charge is 0.537 e. The first-order valence-electron chi connectivity index (χ1n) is 35.1. The lowest BCUT2D eigenvalue weighted by atomic mass is 9.97. The predicted molar refractivity (Wildman–Crippen MR) is 452 cm³/mol. The number of hydrogen-bond donors (Lipinski definition) is 1. The van der Waals surface area contributed by atoms with Gasteiger partial charge in [-0.3, -0.25) is 0 Å². The van der Waals surface area contributed by atoms with Crippen molar-refractivity contribution >= 4 is 87.4 Å². The van der Waals surface area contributed by atoms with Gasteiger partial charge in [-0.1, -0.05) is 246 Å². The molecule has 0 amide bonds. The van der Waals surface area contributed by atoms with Gasteiger partial charge < -0.3 is 33.4 Å². The van der Waals surface area contributed by atoms with Crippen molar-refractivity contribution in [3.63, 3.8) is 0 Å². The number of ether oxygens (including phenoxy) is 5. The topological polar surface area (TPSA) is 230 Å². The third-order valence-corrected chi connectivity index (χ3v) is 18.3. The molecule has 111 heavy (non-hydrogen) atoms. The number of alkyl halides is 1. The van der Waals surface area contributed by atoms with Gasteiger partial charge in [-0.15, -0.1) is 19.7 Å². The summed E-state index contributed by atoms with van der Waals surface area (Å²) >= 11 is 26.6. The average molecular weight is 1640 g/mol. The number of hydrogen-bond acceptors (Lipinski definition) is 19. The van der Waals surface area contributed by atoms with Crippen LogP contribution in [0.3, 0.4) is 0 Å². The Morgan fingerprint density at radius 1 is 0.486 bits per heavy atom. The number of fused-ring (bicyclic) bond motifs is 3. The van der Waals surface area contributed by atoms with Gasteiger partial charge in [0.25, 0.3) is 0 Å². The first kappa shape index (κ1) is 87.7. The Labute approximate surface area is 681 Å². The fraction of sp³-hybridized carbons (Fsp3) is 0.233. The predicted octanol–water partition coefficient (Wildman–Crippen LogP) is 19.9. The summed E-state index contributed by atoms with van der Waals surface area (Å²) in [6.45, 7) is 27.8. The molecule has 3 aliphatic rings. The van der Waals surface area contributed by atoms with E-state index in [1.54, 1.807) is 60.5 Å². The van der Waals surface area contributed by atoms with Gasteiger partial charge in [0.1, 0.15) is 50.3 Å². The number of aryl methyl sites for hydroxylation is 5. The number of aromatic nitrogens is 12. The van der Waals surface area contributed by atoms with E-state index in [2.05, 4.69) is 168 Å². The van der Waals surface area contributed by atoms with E-state index in [1.165, 1.54) is 29.4 Å². The van der Waals surface area contributed by atoms with Crippen molar-refractivity contribution in [3.8, 4) is 29.4 Å². The molecule has 11 aromatic rings. The van der Waals surface area contributed by atoms with Gasteiger partial charge in [-0.25, -0.2) is 34.9 Å². The molecule has 0 bridgehead atoms. The molecule has 6 heterocycles. The van der Waals surface area contributed by atoms with E-state index >= 15 is 0 Å². The van der Waals surface area contributed by atoms with Gasteiger partial charge in [0.2, 0.25) is 34.7 Å². The molecule has 0 saturated carbocycles. The molecule has 0 fully saturated rings. The molecule has 14 rings (SSSR count). The van der Waals surface area contributed by atoms with E-state index in [0.29, 0.717) is 94.6 Å². The van der Waals surface area contributed by atoms with E-state index in [1.807, 2.05) is 136 Å². The van der Waals surface area contributed by atoms with Gasteiger partial charge in [-0.05, 0) is 107 Å². The van der Waals surface area contributed by atoms with E-state index < -0.39 is 0 Å². The van der Waals surface area contributed by atoms with E-state index in [4.69, 9.17) is 75.1 Å². The van der Waals surface area contributed by atoms with Crippen LogP contribution in [0.4, 0.5) is 0 Å². The summed E-state index contributed by atoms with van der Waals surface area (Å²) < 4.78 is 30.6. The summed E-state index contributed by atoms with van der Waals surface area (Å²) in [6, 6.07) is 52.1. The molecule has 5 aromatic carbocycles. The zero-order valence-electron chi connectivity index (χ0n) is 63.8. The van der Waals surface area contributed by atoms with Crippen LogP contribution in [-0.4, -0.2) is 113 Å². The second-order valence-electron chi connectivity index (χ2n) is 24.3. The van der Waals surface area contributed by atoms with Crippen molar-refractivity contribution < 1.29 is 34.8 Å². The van der Waals surface area contributed by atoms with Crippen LogP contribution in [0.5, 0.6) is 29.4 Å². The summed E-state index contributed by atoms with van der Waals surface area (Å²) in [4.78, 5) is 51.0. The molecule has 3 aliphatic carbocycles. The van der Waals surface area contributed by atoms with Crippen molar-refractivity contribution in [2.24, 2.45) is 0 Å². The summed E-state index contributed by atoms with van der Waals surface area (Å²) in [5, 5.41) is 10.8. The molecule has 0 saturated heterocycles. The molecule has 19 nitrogen and oxygen atoms in total. The Morgan fingerprint density at radius 2 is 0.928 bits per heavy atom. The molecule has 6 aromatic heterocycles. The van der Waals surface area contributed by atoms with Crippen LogP contribution in [0, 0.1) is 34.6 Å². The third kappa shape index (κ3) is 25.5. The van der Waals surface area contributed by atoms with Crippen LogP contribution in [0.2, 0.25) is 20.7 Å². The van der Waals surface area contributed by atoms with E-state index in [-0.39, 0.29) is 12.6 Å². The molecule has 0 aliphatic heterocycles. The number of benzene rings is 5. The maximum atomic E-state index is 8.29. The zero-order valence-corrected chi connectivity index (χ0v) is 68.5. The number of allylic oxidation sites excluding steroid dienone is 4. The largest absolute Gasteiger partial charge is 0.569 e. The minimum atomic E-state index is 0. The number of rotatable bonds is 18. The number of methoxy groups -OCH3 is 5. The second-order valence-corrected chi connectivity index (χ2v) is 26.4. The Morgan fingerprint density at radius 3 is 1.43 bits per heavy atom. The minimum Gasteiger partial charge on any atom is -0.537 e. The Kier molecular flexibility index (Phi) is 36.0. The third-order valence-electron chi connectivity index (χ3n) is 16.8.